The first-order valence-corrected chi connectivity index (χ1v) is 9.22. The lowest BCUT2D eigenvalue weighted by Gasteiger charge is -2.14. The van der Waals surface area contributed by atoms with Crippen LogP contribution in [-0.4, -0.2) is 33.4 Å². The van der Waals surface area contributed by atoms with Crippen molar-refractivity contribution in [1.29, 1.82) is 0 Å². The van der Waals surface area contributed by atoms with Crippen molar-refractivity contribution in [3.05, 3.63) is 71.8 Å². The normalized spacial score (nSPS) is 17.4. The first-order chi connectivity index (χ1) is 14.0. The number of nitrogens with two attached hydrogens (primary N) is 1. The highest BCUT2D eigenvalue weighted by atomic mass is 32.1. The van der Waals surface area contributed by atoms with Gasteiger partial charge in [-0.2, -0.15) is 5.10 Å². The second kappa shape index (κ2) is 9.07. The highest BCUT2D eigenvalue weighted by Gasteiger charge is 2.49. The van der Waals surface area contributed by atoms with Gasteiger partial charge in [0, 0.05) is 6.54 Å². The third kappa shape index (κ3) is 4.82. The molecule has 0 spiro atoms. The van der Waals surface area contributed by atoms with E-state index >= 15 is 0 Å². The molecule has 1 atom stereocenters. The SMILES string of the molecule is NC(=S)NN=C1C(=O)N(Cc2ccccc2)C(=O)C1C(=O)NCc1ccccc1. The molecule has 1 fully saturated rings. The molecule has 0 radical (unpaired) electrons. The second-order valence-corrected chi connectivity index (χ2v) is 6.76. The molecule has 3 rings (SSSR count). The number of hydrogen-bond donors (Lipinski definition) is 3. The summed E-state index contributed by atoms with van der Waals surface area (Å²) in [6, 6.07) is 18.2. The largest absolute Gasteiger partial charge is 0.375 e. The lowest BCUT2D eigenvalue weighted by Crippen LogP contribution is -2.39. The number of hydrazone groups is 1. The Hall–Kier alpha value is -3.59. The van der Waals surface area contributed by atoms with Crippen LogP contribution < -0.4 is 16.5 Å². The van der Waals surface area contributed by atoms with Crippen LogP contribution in [0.25, 0.3) is 0 Å². The molecule has 148 valence electrons. The van der Waals surface area contributed by atoms with Crippen LogP contribution in [0.1, 0.15) is 11.1 Å². The van der Waals surface area contributed by atoms with E-state index in [0.717, 1.165) is 16.0 Å². The summed E-state index contributed by atoms with van der Waals surface area (Å²) in [5, 5.41) is 6.34. The van der Waals surface area contributed by atoms with Crippen LogP contribution in [0.5, 0.6) is 0 Å². The average molecular weight is 409 g/mol. The van der Waals surface area contributed by atoms with Gasteiger partial charge in [-0.3, -0.25) is 24.7 Å². The molecule has 1 aliphatic heterocycles. The Morgan fingerprint density at radius 2 is 1.62 bits per heavy atom. The van der Waals surface area contributed by atoms with Gasteiger partial charge < -0.3 is 11.1 Å². The molecule has 2 aromatic rings. The summed E-state index contributed by atoms with van der Waals surface area (Å²) >= 11 is 4.70. The van der Waals surface area contributed by atoms with Crippen LogP contribution in [0.3, 0.4) is 0 Å². The summed E-state index contributed by atoms with van der Waals surface area (Å²) in [5.74, 6) is -3.31. The first kappa shape index (κ1) is 20.2. The number of nitrogens with zero attached hydrogens (tertiary/aromatic N) is 2. The van der Waals surface area contributed by atoms with Gasteiger partial charge in [0.15, 0.2) is 11.0 Å². The van der Waals surface area contributed by atoms with Crippen LogP contribution >= 0.6 is 12.2 Å². The lowest BCUT2D eigenvalue weighted by atomic mass is 10.0. The quantitative estimate of drug-likeness (QED) is 0.280. The molecule has 1 aliphatic rings. The number of likely N-dealkylation sites (tertiary alicyclic amines) is 1. The van der Waals surface area contributed by atoms with Crippen molar-refractivity contribution in [1.82, 2.24) is 15.6 Å². The topological polar surface area (TPSA) is 117 Å². The van der Waals surface area contributed by atoms with Gasteiger partial charge in [0.1, 0.15) is 5.71 Å². The molecule has 9 heteroatoms. The van der Waals surface area contributed by atoms with Crippen molar-refractivity contribution < 1.29 is 14.4 Å². The van der Waals surface area contributed by atoms with Crippen molar-refractivity contribution in [2.75, 3.05) is 0 Å². The Morgan fingerprint density at radius 3 is 2.21 bits per heavy atom. The predicted octanol–water partition coefficient (Wildman–Crippen LogP) is 0.677. The van der Waals surface area contributed by atoms with Crippen LogP contribution in [0.15, 0.2) is 65.8 Å². The molecule has 0 aromatic heterocycles. The zero-order valence-corrected chi connectivity index (χ0v) is 16.2. The molecular weight excluding hydrogens is 390 g/mol. The Labute approximate surface area is 172 Å². The van der Waals surface area contributed by atoms with Crippen LogP contribution in [0.2, 0.25) is 0 Å². The molecule has 1 heterocycles. The molecular formula is C20H19N5O3S. The molecule has 2 aromatic carbocycles. The average Bonchev–Trinajstić information content (AvgIpc) is 2.96. The summed E-state index contributed by atoms with van der Waals surface area (Å²) in [7, 11) is 0. The molecule has 1 unspecified atom stereocenters. The van der Waals surface area contributed by atoms with E-state index in [2.05, 4.69) is 15.8 Å². The molecule has 4 N–H and O–H groups in total. The monoisotopic (exact) mass is 409 g/mol. The standard InChI is InChI=1S/C20H19N5O3S/c21-20(29)24-23-16-15(17(26)22-11-13-7-3-1-4-8-13)18(27)25(19(16)28)12-14-9-5-2-6-10-14/h1-10,15H,11-12H2,(H,22,26)(H3,21,24,29). The number of imide groups is 1. The summed E-state index contributed by atoms with van der Waals surface area (Å²) in [5.41, 5.74) is 9.03. The fourth-order valence-electron chi connectivity index (χ4n) is 2.90. The number of benzene rings is 2. The van der Waals surface area contributed by atoms with Gasteiger partial charge in [-0.1, -0.05) is 60.7 Å². The minimum Gasteiger partial charge on any atom is -0.375 e. The molecule has 0 bridgehead atoms. The van der Waals surface area contributed by atoms with E-state index in [1.807, 2.05) is 36.4 Å². The number of hydrogen-bond acceptors (Lipinski definition) is 5. The summed E-state index contributed by atoms with van der Waals surface area (Å²) < 4.78 is 0. The van der Waals surface area contributed by atoms with E-state index in [-0.39, 0.29) is 23.9 Å². The van der Waals surface area contributed by atoms with E-state index in [4.69, 9.17) is 18.0 Å². The van der Waals surface area contributed by atoms with Gasteiger partial charge in [0.05, 0.1) is 6.54 Å². The van der Waals surface area contributed by atoms with Crippen molar-refractivity contribution in [3.63, 3.8) is 0 Å². The number of carbonyl (C=O) groups excluding carboxylic acids is 3. The molecule has 3 amide bonds. The summed E-state index contributed by atoms with van der Waals surface area (Å²) in [6.45, 7) is 0.249. The maximum atomic E-state index is 12.9. The van der Waals surface area contributed by atoms with Crippen molar-refractivity contribution in [3.8, 4) is 0 Å². The van der Waals surface area contributed by atoms with E-state index in [9.17, 15) is 14.4 Å². The highest BCUT2D eigenvalue weighted by Crippen LogP contribution is 2.21. The minimum absolute atomic E-state index is 0.0348. The molecule has 8 nitrogen and oxygen atoms in total. The first-order valence-electron chi connectivity index (χ1n) is 8.81. The van der Waals surface area contributed by atoms with Gasteiger partial charge in [-0.15, -0.1) is 0 Å². The molecule has 0 saturated carbocycles. The Balaban J connectivity index is 1.82. The molecule has 29 heavy (non-hydrogen) atoms. The van der Waals surface area contributed by atoms with Crippen LogP contribution in [0, 0.1) is 5.92 Å². The number of rotatable bonds is 6. The summed E-state index contributed by atoms with van der Waals surface area (Å²) in [4.78, 5) is 39.4. The third-order valence-corrected chi connectivity index (χ3v) is 4.38. The Bertz CT molecular complexity index is 963. The fourth-order valence-corrected chi connectivity index (χ4v) is 2.95. The van der Waals surface area contributed by atoms with Gasteiger partial charge in [-0.25, -0.2) is 0 Å². The Morgan fingerprint density at radius 1 is 1.03 bits per heavy atom. The molecule has 0 aliphatic carbocycles. The van der Waals surface area contributed by atoms with Crippen molar-refractivity contribution in [2.45, 2.75) is 13.1 Å². The van der Waals surface area contributed by atoms with Gasteiger partial charge >= 0.3 is 0 Å². The summed E-state index contributed by atoms with van der Waals surface area (Å²) in [6.07, 6.45) is 0. The number of carbonyl (C=O) groups is 3. The van der Waals surface area contributed by atoms with Gasteiger partial charge in [0.2, 0.25) is 11.8 Å². The smallest absolute Gasteiger partial charge is 0.278 e. The van der Waals surface area contributed by atoms with Crippen molar-refractivity contribution in [2.24, 2.45) is 16.8 Å². The van der Waals surface area contributed by atoms with E-state index < -0.39 is 23.6 Å². The zero-order valence-electron chi connectivity index (χ0n) is 15.4. The highest BCUT2D eigenvalue weighted by molar-refractivity contribution is 7.80. The van der Waals surface area contributed by atoms with E-state index in [1.54, 1.807) is 24.3 Å². The molecule has 1 saturated heterocycles. The Kier molecular flexibility index (Phi) is 6.30. The predicted molar refractivity (Wildman–Crippen MR) is 111 cm³/mol. The maximum Gasteiger partial charge on any atom is 0.278 e. The van der Waals surface area contributed by atoms with E-state index in [1.165, 1.54) is 0 Å². The van der Waals surface area contributed by atoms with Crippen LogP contribution in [0.4, 0.5) is 0 Å². The fraction of sp³-hybridized carbons (Fsp3) is 0.150. The van der Waals surface area contributed by atoms with Crippen molar-refractivity contribution >= 4 is 40.8 Å². The van der Waals surface area contributed by atoms with Gasteiger partial charge in [-0.05, 0) is 23.3 Å². The van der Waals surface area contributed by atoms with Gasteiger partial charge in [0.25, 0.3) is 5.91 Å². The number of nitrogens with one attached hydrogen (secondary N) is 2. The number of amides is 3. The second-order valence-electron chi connectivity index (χ2n) is 6.32. The number of thiocarbonyl (C=S) groups is 1. The van der Waals surface area contributed by atoms with E-state index in [0.29, 0.717) is 0 Å². The third-order valence-electron chi connectivity index (χ3n) is 4.29. The van der Waals surface area contributed by atoms with Crippen LogP contribution in [-0.2, 0) is 27.5 Å². The lowest BCUT2D eigenvalue weighted by molar-refractivity contribution is -0.141. The maximum absolute atomic E-state index is 12.9. The zero-order chi connectivity index (χ0) is 20.8. The minimum atomic E-state index is -1.38.